The maximum absolute atomic E-state index is 12.6. The fourth-order valence-corrected chi connectivity index (χ4v) is 2.58. The van der Waals surface area contributed by atoms with Gasteiger partial charge in [-0.15, -0.1) is 0 Å². The number of amides is 1. The minimum Gasteiger partial charge on any atom is -0.302 e. The molecule has 1 aliphatic heterocycles. The van der Waals surface area contributed by atoms with Crippen LogP contribution in [0.25, 0.3) is 0 Å². The lowest BCUT2D eigenvalue weighted by atomic mass is 10.0. The van der Waals surface area contributed by atoms with Crippen molar-refractivity contribution in [3.63, 3.8) is 0 Å². The molecule has 0 fully saturated rings. The highest BCUT2D eigenvalue weighted by Crippen LogP contribution is 2.28. The highest BCUT2D eigenvalue weighted by molar-refractivity contribution is 6.06. The number of nitrogens with two attached hydrogens (primary N) is 1. The fraction of sp³-hybridized carbons (Fsp3) is 0.176. The Bertz CT molecular complexity index is 682. The van der Waals surface area contributed by atoms with E-state index >= 15 is 0 Å². The van der Waals surface area contributed by atoms with E-state index in [1.807, 2.05) is 55.5 Å². The highest BCUT2D eigenvalue weighted by atomic mass is 16.2. The number of carbonyl (C=O) groups is 1. The summed E-state index contributed by atoms with van der Waals surface area (Å²) in [4.78, 5) is 18.7. The normalized spacial score (nSPS) is 21.2. The summed E-state index contributed by atoms with van der Waals surface area (Å²) in [7, 11) is 0. The van der Waals surface area contributed by atoms with Crippen LogP contribution in [-0.2, 0) is 5.66 Å². The maximum atomic E-state index is 12.6. The van der Waals surface area contributed by atoms with Crippen molar-refractivity contribution in [2.45, 2.75) is 12.6 Å². The van der Waals surface area contributed by atoms with Gasteiger partial charge < -0.3 is 5.73 Å². The summed E-state index contributed by atoms with van der Waals surface area (Å²) in [5.74, 6) is 0.579. The zero-order valence-corrected chi connectivity index (χ0v) is 11.9. The van der Waals surface area contributed by atoms with Crippen molar-refractivity contribution >= 4 is 11.7 Å². The fourth-order valence-electron chi connectivity index (χ4n) is 2.58. The van der Waals surface area contributed by atoms with Crippen LogP contribution in [0.1, 0.15) is 22.8 Å². The van der Waals surface area contributed by atoms with Crippen molar-refractivity contribution in [3.05, 3.63) is 71.8 Å². The zero-order chi connectivity index (χ0) is 14.9. The van der Waals surface area contributed by atoms with Crippen LogP contribution in [0.2, 0.25) is 0 Å². The molecular formula is C17H17N3O. The van der Waals surface area contributed by atoms with Crippen LogP contribution in [0, 0.1) is 0 Å². The van der Waals surface area contributed by atoms with Crippen LogP contribution >= 0.6 is 0 Å². The SMILES string of the molecule is CC1=NC(N)(c2ccccc2)CN1C(=O)c1ccccc1. The molecule has 2 aromatic rings. The van der Waals surface area contributed by atoms with Gasteiger partial charge in [-0.25, -0.2) is 4.99 Å². The second-order valence-corrected chi connectivity index (χ2v) is 5.21. The topological polar surface area (TPSA) is 58.7 Å². The van der Waals surface area contributed by atoms with E-state index in [2.05, 4.69) is 4.99 Å². The minimum atomic E-state index is -0.865. The summed E-state index contributed by atoms with van der Waals surface area (Å²) in [5, 5.41) is 0. The van der Waals surface area contributed by atoms with E-state index in [4.69, 9.17) is 5.73 Å². The Kier molecular flexibility index (Phi) is 3.31. The van der Waals surface area contributed by atoms with Crippen LogP contribution in [0.5, 0.6) is 0 Å². The van der Waals surface area contributed by atoms with Crippen LogP contribution in [0.3, 0.4) is 0 Å². The van der Waals surface area contributed by atoms with Gasteiger partial charge in [-0.2, -0.15) is 0 Å². The number of rotatable bonds is 2. The molecule has 0 aliphatic carbocycles. The van der Waals surface area contributed by atoms with E-state index in [1.165, 1.54) is 0 Å². The van der Waals surface area contributed by atoms with Crippen molar-refractivity contribution in [2.75, 3.05) is 6.54 Å². The molecule has 0 saturated carbocycles. The Morgan fingerprint density at radius 2 is 1.67 bits per heavy atom. The molecular weight excluding hydrogens is 262 g/mol. The van der Waals surface area contributed by atoms with Gasteiger partial charge in [0.05, 0.1) is 6.54 Å². The number of hydrogen-bond acceptors (Lipinski definition) is 3. The number of hydrogen-bond donors (Lipinski definition) is 1. The molecule has 2 N–H and O–H groups in total. The van der Waals surface area contributed by atoms with Gasteiger partial charge in [-0.1, -0.05) is 48.5 Å². The molecule has 0 bridgehead atoms. The molecule has 2 aromatic carbocycles. The smallest absolute Gasteiger partial charge is 0.259 e. The van der Waals surface area contributed by atoms with Gasteiger partial charge in [-0.3, -0.25) is 9.69 Å². The predicted molar refractivity (Wildman–Crippen MR) is 82.9 cm³/mol. The molecule has 4 nitrogen and oxygen atoms in total. The van der Waals surface area contributed by atoms with Crippen molar-refractivity contribution in [3.8, 4) is 0 Å². The summed E-state index contributed by atoms with van der Waals surface area (Å²) in [6.07, 6.45) is 0. The van der Waals surface area contributed by atoms with Gasteiger partial charge in [0.25, 0.3) is 5.91 Å². The third-order valence-corrected chi connectivity index (χ3v) is 3.69. The highest BCUT2D eigenvalue weighted by Gasteiger charge is 2.38. The van der Waals surface area contributed by atoms with E-state index in [0.717, 1.165) is 5.56 Å². The van der Waals surface area contributed by atoms with Crippen molar-refractivity contribution in [1.29, 1.82) is 0 Å². The van der Waals surface area contributed by atoms with Gasteiger partial charge in [0.2, 0.25) is 0 Å². The molecule has 1 atom stereocenters. The molecule has 0 saturated heterocycles. The molecule has 0 spiro atoms. The molecule has 1 heterocycles. The number of carbonyl (C=O) groups excluding carboxylic acids is 1. The maximum Gasteiger partial charge on any atom is 0.259 e. The van der Waals surface area contributed by atoms with E-state index in [0.29, 0.717) is 17.9 Å². The first-order valence-corrected chi connectivity index (χ1v) is 6.88. The Hall–Kier alpha value is -2.46. The van der Waals surface area contributed by atoms with Gasteiger partial charge in [0.15, 0.2) is 5.66 Å². The van der Waals surface area contributed by atoms with Crippen molar-refractivity contribution in [1.82, 2.24) is 4.90 Å². The first-order valence-electron chi connectivity index (χ1n) is 6.88. The summed E-state index contributed by atoms with van der Waals surface area (Å²) < 4.78 is 0. The number of nitrogens with zero attached hydrogens (tertiary/aromatic N) is 2. The molecule has 0 aromatic heterocycles. The molecule has 4 heteroatoms. The van der Waals surface area contributed by atoms with E-state index in [-0.39, 0.29) is 5.91 Å². The second-order valence-electron chi connectivity index (χ2n) is 5.21. The van der Waals surface area contributed by atoms with E-state index < -0.39 is 5.66 Å². The summed E-state index contributed by atoms with van der Waals surface area (Å²) in [6, 6.07) is 18.9. The summed E-state index contributed by atoms with van der Waals surface area (Å²) >= 11 is 0. The van der Waals surface area contributed by atoms with E-state index in [9.17, 15) is 4.79 Å². The molecule has 0 radical (unpaired) electrons. The number of amidine groups is 1. The third-order valence-electron chi connectivity index (χ3n) is 3.69. The standard InChI is InChI=1S/C17H17N3O/c1-13-19-17(18,15-10-6-3-7-11-15)12-20(13)16(21)14-8-4-2-5-9-14/h2-11H,12,18H2,1H3. The van der Waals surface area contributed by atoms with E-state index in [1.54, 1.807) is 17.0 Å². The Morgan fingerprint density at radius 1 is 1.10 bits per heavy atom. The monoisotopic (exact) mass is 279 g/mol. The largest absolute Gasteiger partial charge is 0.302 e. The lowest BCUT2D eigenvalue weighted by Gasteiger charge is -2.23. The molecule has 1 amide bonds. The molecule has 1 aliphatic rings. The van der Waals surface area contributed by atoms with Gasteiger partial charge in [0, 0.05) is 5.56 Å². The lowest BCUT2D eigenvalue weighted by Crippen LogP contribution is -2.43. The predicted octanol–water partition coefficient (Wildman–Crippen LogP) is 2.37. The van der Waals surface area contributed by atoms with Gasteiger partial charge in [0.1, 0.15) is 5.84 Å². The van der Waals surface area contributed by atoms with Crippen LogP contribution in [-0.4, -0.2) is 23.2 Å². The minimum absolute atomic E-state index is 0.0693. The first-order chi connectivity index (χ1) is 10.1. The zero-order valence-electron chi connectivity index (χ0n) is 11.9. The average Bonchev–Trinajstić information content (AvgIpc) is 2.85. The average molecular weight is 279 g/mol. The second kappa shape index (κ2) is 5.14. The van der Waals surface area contributed by atoms with Crippen LogP contribution in [0.4, 0.5) is 0 Å². The Morgan fingerprint density at radius 3 is 2.29 bits per heavy atom. The Balaban J connectivity index is 1.89. The molecule has 1 unspecified atom stereocenters. The van der Waals surface area contributed by atoms with Crippen LogP contribution in [0.15, 0.2) is 65.7 Å². The lowest BCUT2D eigenvalue weighted by molar-refractivity contribution is 0.0840. The summed E-state index contributed by atoms with van der Waals surface area (Å²) in [5.41, 5.74) is 7.08. The molecule has 3 rings (SSSR count). The van der Waals surface area contributed by atoms with Gasteiger partial charge in [-0.05, 0) is 24.6 Å². The molecule has 21 heavy (non-hydrogen) atoms. The molecule has 106 valence electrons. The van der Waals surface area contributed by atoms with Crippen molar-refractivity contribution < 1.29 is 4.79 Å². The van der Waals surface area contributed by atoms with Crippen LogP contribution < -0.4 is 5.73 Å². The first kappa shape index (κ1) is 13.5. The quantitative estimate of drug-likeness (QED) is 0.917. The Labute approximate surface area is 123 Å². The van der Waals surface area contributed by atoms with Crippen molar-refractivity contribution in [2.24, 2.45) is 10.7 Å². The third kappa shape index (κ3) is 2.45. The van der Waals surface area contributed by atoms with Gasteiger partial charge >= 0.3 is 0 Å². The number of aliphatic imine (C=N–C) groups is 1. The number of benzene rings is 2. The summed E-state index contributed by atoms with van der Waals surface area (Å²) in [6.45, 7) is 2.18.